The molecule has 1 saturated carbocycles. The second-order valence-electron chi connectivity index (χ2n) is 9.66. The Morgan fingerprint density at radius 3 is 2.46 bits per heavy atom. The molecule has 1 aromatic heterocycles. The van der Waals surface area contributed by atoms with Gasteiger partial charge in [-0.2, -0.15) is 0 Å². The summed E-state index contributed by atoms with van der Waals surface area (Å²) in [7, 11) is 0. The quantitative estimate of drug-likeness (QED) is 0.438. The van der Waals surface area contributed by atoms with E-state index in [2.05, 4.69) is 20.6 Å². The first-order valence-electron chi connectivity index (χ1n) is 12.2. The van der Waals surface area contributed by atoms with Crippen LogP contribution >= 0.6 is 0 Å². The minimum Gasteiger partial charge on any atom is -0.460 e. The molecule has 11 nitrogen and oxygen atoms in total. The Labute approximate surface area is 215 Å². The average Bonchev–Trinajstić information content (AvgIpc) is 3.70. The van der Waals surface area contributed by atoms with Gasteiger partial charge < -0.3 is 25.0 Å². The predicted octanol–water partition coefficient (Wildman–Crippen LogP) is 2.22. The number of benzene rings is 1. The third kappa shape index (κ3) is 9.51. The van der Waals surface area contributed by atoms with Crippen molar-refractivity contribution in [3.8, 4) is 0 Å². The van der Waals surface area contributed by atoms with E-state index in [4.69, 9.17) is 9.47 Å². The number of ether oxygens (including phenoxy) is 2. The molecule has 1 heterocycles. The van der Waals surface area contributed by atoms with Gasteiger partial charge in [-0.25, -0.2) is 9.78 Å². The van der Waals surface area contributed by atoms with E-state index in [0.717, 1.165) is 18.4 Å². The summed E-state index contributed by atoms with van der Waals surface area (Å²) in [4.78, 5) is 60.3. The van der Waals surface area contributed by atoms with Crippen molar-refractivity contribution < 1.29 is 28.7 Å². The molecule has 0 radical (unpaired) electrons. The number of esters is 1. The number of rotatable bonds is 11. The van der Waals surface area contributed by atoms with E-state index >= 15 is 0 Å². The largest absolute Gasteiger partial charge is 0.460 e. The van der Waals surface area contributed by atoms with Crippen LogP contribution in [0.5, 0.6) is 0 Å². The monoisotopic (exact) mass is 511 g/mol. The Morgan fingerprint density at radius 1 is 1.11 bits per heavy atom. The zero-order valence-electron chi connectivity index (χ0n) is 21.3. The van der Waals surface area contributed by atoms with Gasteiger partial charge in [0.05, 0.1) is 12.6 Å². The van der Waals surface area contributed by atoms with Gasteiger partial charge in [-0.15, -0.1) is 0 Å². The van der Waals surface area contributed by atoms with Crippen molar-refractivity contribution in [3.63, 3.8) is 0 Å². The molecular weight excluding hydrogens is 478 g/mol. The molecule has 1 fully saturated rings. The van der Waals surface area contributed by atoms with Crippen LogP contribution in [0.15, 0.2) is 48.9 Å². The van der Waals surface area contributed by atoms with Crippen LogP contribution in [-0.2, 0) is 25.7 Å². The summed E-state index contributed by atoms with van der Waals surface area (Å²) in [5, 5.41) is 5.25. The van der Waals surface area contributed by atoms with Crippen LogP contribution in [0, 0.1) is 0 Å². The molecule has 3 amide bonds. The number of amides is 3. The number of hydrogen-bond acceptors (Lipinski definition) is 8. The normalized spacial score (nSPS) is 13.7. The summed E-state index contributed by atoms with van der Waals surface area (Å²) in [6.45, 7) is 5.54. The Bertz CT molecular complexity index is 1070. The topological polar surface area (TPSA) is 140 Å². The summed E-state index contributed by atoms with van der Waals surface area (Å²) in [6.07, 6.45) is 4.64. The van der Waals surface area contributed by atoms with Crippen LogP contribution in [0.25, 0.3) is 0 Å². The van der Waals surface area contributed by atoms with E-state index in [9.17, 15) is 19.2 Å². The van der Waals surface area contributed by atoms with Crippen molar-refractivity contribution in [1.29, 1.82) is 0 Å². The Hall–Kier alpha value is -4.02. The summed E-state index contributed by atoms with van der Waals surface area (Å²) in [6, 6.07) is 7.88. The summed E-state index contributed by atoms with van der Waals surface area (Å²) in [5.41, 5.74) is 0.197. The first-order chi connectivity index (χ1) is 17.6. The maximum Gasteiger partial charge on any atom is 0.408 e. The molecule has 2 aromatic rings. The lowest BCUT2D eigenvalue weighted by Crippen LogP contribution is -2.52. The number of alkyl carbamates (subject to hydrolysis) is 1. The van der Waals surface area contributed by atoms with Gasteiger partial charge in [0.15, 0.2) is 0 Å². The standard InChI is InChI=1S/C26H33N5O6/c1-26(2,3)37-22(32)15-20(30-25(35)36-17-18-7-5-4-6-8-18)24(34)31(19-9-10-19)14-13-29-23(33)21-16-27-11-12-28-21/h4-8,11-12,16,19-20H,9-10,13-15,17H2,1-3H3,(H,29,33)(H,30,35)/t20-/m0/s1. The molecule has 11 heteroatoms. The Kier molecular flexibility index (Phi) is 9.53. The SMILES string of the molecule is CC(C)(C)OC(=O)C[C@H](NC(=O)OCc1ccccc1)C(=O)N(CCNC(=O)c1cnccn1)C1CC1. The van der Waals surface area contributed by atoms with Crippen LogP contribution < -0.4 is 10.6 Å². The van der Waals surface area contributed by atoms with Crippen LogP contribution in [0.1, 0.15) is 56.1 Å². The van der Waals surface area contributed by atoms with Crippen molar-refractivity contribution in [1.82, 2.24) is 25.5 Å². The van der Waals surface area contributed by atoms with Gasteiger partial charge in [-0.1, -0.05) is 30.3 Å². The van der Waals surface area contributed by atoms with E-state index in [1.807, 2.05) is 18.2 Å². The van der Waals surface area contributed by atoms with Crippen molar-refractivity contribution in [2.75, 3.05) is 13.1 Å². The maximum absolute atomic E-state index is 13.5. The molecule has 1 aliphatic carbocycles. The van der Waals surface area contributed by atoms with Crippen molar-refractivity contribution in [2.45, 2.75) is 64.3 Å². The second-order valence-corrected chi connectivity index (χ2v) is 9.66. The number of nitrogens with zero attached hydrogens (tertiary/aromatic N) is 3. The fraction of sp³-hybridized carbons (Fsp3) is 0.462. The second kappa shape index (κ2) is 12.8. The highest BCUT2D eigenvalue weighted by molar-refractivity contribution is 5.92. The van der Waals surface area contributed by atoms with Crippen LogP contribution in [0.3, 0.4) is 0 Å². The summed E-state index contributed by atoms with van der Waals surface area (Å²) in [5.74, 6) is -1.48. The van der Waals surface area contributed by atoms with Gasteiger partial charge in [0, 0.05) is 31.5 Å². The molecule has 0 unspecified atom stereocenters. The smallest absolute Gasteiger partial charge is 0.408 e. The lowest BCUT2D eigenvalue weighted by atomic mass is 10.1. The highest BCUT2D eigenvalue weighted by atomic mass is 16.6. The van der Waals surface area contributed by atoms with Crippen molar-refractivity contribution >= 4 is 23.9 Å². The molecule has 3 rings (SSSR count). The van der Waals surface area contributed by atoms with Crippen LogP contribution in [0.4, 0.5) is 4.79 Å². The lowest BCUT2D eigenvalue weighted by molar-refractivity contribution is -0.157. The molecular formula is C26H33N5O6. The van der Waals surface area contributed by atoms with Crippen molar-refractivity contribution in [3.05, 3.63) is 60.2 Å². The highest BCUT2D eigenvalue weighted by Crippen LogP contribution is 2.27. The van der Waals surface area contributed by atoms with Gasteiger partial charge in [0.1, 0.15) is 23.9 Å². The van der Waals surface area contributed by atoms with Gasteiger partial charge in [0.2, 0.25) is 5.91 Å². The van der Waals surface area contributed by atoms with Crippen LogP contribution in [-0.4, -0.2) is 69.5 Å². The fourth-order valence-corrected chi connectivity index (χ4v) is 3.51. The lowest BCUT2D eigenvalue weighted by Gasteiger charge is -2.28. The number of carbonyl (C=O) groups is 4. The predicted molar refractivity (Wildman–Crippen MR) is 133 cm³/mol. The summed E-state index contributed by atoms with van der Waals surface area (Å²) < 4.78 is 10.6. The van der Waals surface area contributed by atoms with E-state index < -0.39 is 35.5 Å². The van der Waals surface area contributed by atoms with E-state index in [1.165, 1.54) is 18.6 Å². The molecule has 1 aromatic carbocycles. The zero-order chi connectivity index (χ0) is 26.8. The molecule has 2 N–H and O–H groups in total. The molecule has 37 heavy (non-hydrogen) atoms. The van der Waals surface area contributed by atoms with Gasteiger partial charge >= 0.3 is 12.1 Å². The number of hydrogen-bond donors (Lipinski definition) is 2. The highest BCUT2D eigenvalue weighted by Gasteiger charge is 2.38. The molecule has 0 bridgehead atoms. The van der Waals surface area contributed by atoms with Gasteiger partial charge in [-0.05, 0) is 39.2 Å². The minimum absolute atomic E-state index is 0.0147. The van der Waals surface area contributed by atoms with Gasteiger partial charge in [0.25, 0.3) is 5.91 Å². The molecule has 1 atom stereocenters. The number of carbonyl (C=O) groups excluding carboxylic acids is 4. The van der Waals surface area contributed by atoms with E-state index in [-0.39, 0.29) is 37.9 Å². The Morgan fingerprint density at radius 2 is 1.84 bits per heavy atom. The fourth-order valence-electron chi connectivity index (χ4n) is 3.51. The number of aromatic nitrogens is 2. The molecule has 0 spiro atoms. The Balaban J connectivity index is 1.63. The van der Waals surface area contributed by atoms with E-state index in [1.54, 1.807) is 37.8 Å². The maximum atomic E-state index is 13.5. The zero-order valence-corrected chi connectivity index (χ0v) is 21.3. The molecule has 1 aliphatic rings. The van der Waals surface area contributed by atoms with Gasteiger partial charge in [-0.3, -0.25) is 19.4 Å². The summed E-state index contributed by atoms with van der Waals surface area (Å²) >= 11 is 0. The molecule has 0 aliphatic heterocycles. The van der Waals surface area contributed by atoms with E-state index in [0.29, 0.717) is 0 Å². The van der Waals surface area contributed by atoms with Crippen LogP contribution in [0.2, 0.25) is 0 Å². The first kappa shape index (κ1) is 27.6. The third-order valence-corrected chi connectivity index (χ3v) is 5.30. The molecule has 0 saturated heterocycles. The first-order valence-corrected chi connectivity index (χ1v) is 12.2. The number of nitrogens with one attached hydrogen (secondary N) is 2. The van der Waals surface area contributed by atoms with Crippen molar-refractivity contribution in [2.24, 2.45) is 0 Å². The molecule has 198 valence electrons. The minimum atomic E-state index is -1.19. The average molecular weight is 512 g/mol. The third-order valence-electron chi connectivity index (χ3n) is 5.30.